The molecule has 1 atom stereocenters. The lowest BCUT2D eigenvalue weighted by atomic mass is 10.1. The number of likely N-dealkylation sites (N-methyl/N-ethyl adjacent to an activating group) is 1. The van der Waals surface area contributed by atoms with Gasteiger partial charge in [0, 0.05) is 52.4 Å². The summed E-state index contributed by atoms with van der Waals surface area (Å²) in [7, 11) is 2.20. The van der Waals surface area contributed by atoms with E-state index >= 15 is 0 Å². The monoisotopic (exact) mass is 303 g/mol. The van der Waals surface area contributed by atoms with Gasteiger partial charge in [-0.2, -0.15) is 0 Å². The molecule has 4 heteroatoms. The molecule has 0 aromatic heterocycles. The van der Waals surface area contributed by atoms with Gasteiger partial charge in [0.2, 0.25) is 0 Å². The molecule has 2 saturated heterocycles. The van der Waals surface area contributed by atoms with Gasteiger partial charge in [-0.05, 0) is 31.0 Å². The Bertz CT molecular complexity index is 434. The second-order valence-electron chi connectivity index (χ2n) is 6.66. The molecule has 0 bridgehead atoms. The minimum absolute atomic E-state index is 0.427. The largest absolute Gasteiger partial charge is 0.377 e. The normalized spacial score (nSPS) is 24.0. The van der Waals surface area contributed by atoms with Crippen LogP contribution < -0.4 is 5.32 Å². The third-order valence-electron chi connectivity index (χ3n) is 4.75. The number of rotatable bonds is 6. The van der Waals surface area contributed by atoms with Crippen molar-refractivity contribution in [3.63, 3.8) is 0 Å². The predicted octanol–water partition coefficient (Wildman–Crippen LogP) is 1.70. The first-order valence-corrected chi connectivity index (χ1v) is 8.60. The summed E-state index contributed by atoms with van der Waals surface area (Å²) in [4.78, 5) is 4.95. The molecule has 0 aliphatic carbocycles. The van der Waals surface area contributed by atoms with Crippen LogP contribution in [-0.2, 0) is 17.8 Å². The molecule has 0 radical (unpaired) electrons. The minimum atomic E-state index is 0.427. The quantitative estimate of drug-likeness (QED) is 0.866. The summed E-state index contributed by atoms with van der Waals surface area (Å²) in [6.45, 7) is 8.67. The molecular weight excluding hydrogens is 274 g/mol. The van der Waals surface area contributed by atoms with Gasteiger partial charge >= 0.3 is 0 Å². The van der Waals surface area contributed by atoms with Gasteiger partial charge in [-0.15, -0.1) is 0 Å². The van der Waals surface area contributed by atoms with Crippen molar-refractivity contribution in [1.82, 2.24) is 15.1 Å². The number of nitrogens with one attached hydrogen (secondary N) is 1. The molecule has 4 nitrogen and oxygen atoms in total. The van der Waals surface area contributed by atoms with Gasteiger partial charge in [-0.1, -0.05) is 24.3 Å². The maximum absolute atomic E-state index is 5.63. The highest BCUT2D eigenvalue weighted by molar-refractivity contribution is 5.22. The van der Waals surface area contributed by atoms with Crippen molar-refractivity contribution in [2.75, 3.05) is 46.4 Å². The predicted molar refractivity (Wildman–Crippen MR) is 89.9 cm³/mol. The fourth-order valence-corrected chi connectivity index (χ4v) is 3.21. The van der Waals surface area contributed by atoms with Gasteiger partial charge in [0.25, 0.3) is 0 Å². The van der Waals surface area contributed by atoms with Crippen LogP contribution in [0, 0.1) is 0 Å². The van der Waals surface area contributed by atoms with Crippen LogP contribution in [0.5, 0.6) is 0 Å². The zero-order chi connectivity index (χ0) is 15.2. The molecule has 1 N–H and O–H groups in total. The second-order valence-corrected chi connectivity index (χ2v) is 6.66. The summed E-state index contributed by atoms with van der Waals surface area (Å²) in [5.74, 6) is 0. The Labute approximate surface area is 134 Å². The maximum Gasteiger partial charge on any atom is 0.0700 e. The van der Waals surface area contributed by atoms with Crippen molar-refractivity contribution in [3.05, 3.63) is 35.4 Å². The van der Waals surface area contributed by atoms with Crippen LogP contribution in [-0.4, -0.2) is 62.3 Å². The van der Waals surface area contributed by atoms with E-state index in [1.807, 2.05) is 0 Å². The van der Waals surface area contributed by atoms with Crippen LogP contribution in [0.4, 0.5) is 0 Å². The Morgan fingerprint density at radius 3 is 2.50 bits per heavy atom. The zero-order valence-electron chi connectivity index (χ0n) is 13.8. The van der Waals surface area contributed by atoms with Crippen LogP contribution in [0.1, 0.15) is 24.0 Å². The fourth-order valence-electron chi connectivity index (χ4n) is 3.21. The third-order valence-corrected chi connectivity index (χ3v) is 4.75. The molecule has 2 fully saturated rings. The number of nitrogens with zero attached hydrogens (tertiary/aromatic N) is 2. The van der Waals surface area contributed by atoms with E-state index in [2.05, 4.69) is 46.4 Å². The summed E-state index contributed by atoms with van der Waals surface area (Å²) in [5, 5.41) is 3.51. The van der Waals surface area contributed by atoms with Gasteiger partial charge in [-0.3, -0.25) is 4.90 Å². The Kier molecular flexibility index (Phi) is 5.84. The standard InChI is InChI=1S/C18H29N3O/c1-20-8-10-21(11-9-20)15-17-6-4-16(5-7-17)13-19-14-18-3-2-12-22-18/h4-7,18-19H,2-3,8-15H2,1H3. The maximum atomic E-state index is 5.63. The fraction of sp³-hybridized carbons (Fsp3) is 0.667. The number of benzene rings is 1. The van der Waals surface area contributed by atoms with Crippen LogP contribution in [0.15, 0.2) is 24.3 Å². The van der Waals surface area contributed by atoms with Crippen molar-refractivity contribution in [1.29, 1.82) is 0 Å². The van der Waals surface area contributed by atoms with E-state index in [9.17, 15) is 0 Å². The summed E-state index contributed by atoms with van der Waals surface area (Å²) >= 11 is 0. The second kappa shape index (κ2) is 8.06. The van der Waals surface area contributed by atoms with Crippen LogP contribution in [0.3, 0.4) is 0 Å². The first-order chi connectivity index (χ1) is 10.8. The average Bonchev–Trinajstić information content (AvgIpc) is 3.05. The summed E-state index contributed by atoms with van der Waals surface area (Å²) in [6, 6.07) is 9.07. The molecule has 0 amide bonds. The molecular formula is C18H29N3O. The Morgan fingerprint density at radius 1 is 1.09 bits per heavy atom. The van der Waals surface area contributed by atoms with Crippen molar-refractivity contribution < 1.29 is 4.74 Å². The van der Waals surface area contributed by atoms with Gasteiger partial charge in [0.1, 0.15) is 0 Å². The molecule has 2 aliphatic heterocycles. The highest BCUT2D eigenvalue weighted by Gasteiger charge is 2.15. The van der Waals surface area contributed by atoms with E-state index in [4.69, 9.17) is 4.74 Å². The SMILES string of the molecule is CN1CCN(Cc2ccc(CNCC3CCCO3)cc2)CC1. The molecule has 22 heavy (non-hydrogen) atoms. The molecule has 0 spiro atoms. The van der Waals surface area contributed by atoms with Crippen molar-refractivity contribution in [2.45, 2.75) is 32.0 Å². The van der Waals surface area contributed by atoms with Gasteiger partial charge in [0.05, 0.1) is 6.10 Å². The van der Waals surface area contributed by atoms with Gasteiger partial charge in [0.15, 0.2) is 0 Å². The minimum Gasteiger partial charge on any atom is -0.377 e. The summed E-state index contributed by atoms with van der Waals surface area (Å²) in [5.41, 5.74) is 2.78. The molecule has 2 aliphatic rings. The molecule has 0 saturated carbocycles. The summed E-state index contributed by atoms with van der Waals surface area (Å²) < 4.78 is 5.63. The number of hydrogen-bond acceptors (Lipinski definition) is 4. The topological polar surface area (TPSA) is 27.7 Å². The van der Waals surface area contributed by atoms with Crippen molar-refractivity contribution in [3.8, 4) is 0 Å². The van der Waals surface area contributed by atoms with Gasteiger partial charge < -0.3 is 15.0 Å². The first-order valence-electron chi connectivity index (χ1n) is 8.60. The smallest absolute Gasteiger partial charge is 0.0700 e. The highest BCUT2D eigenvalue weighted by Crippen LogP contribution is 2.12. The Hall–Kier alpha value is -0.940. The highest BCUT2D eigenvalue weighted by atomic mass is 16.5. The summed E-state index contributed by atoms with van der Waals surface area (Å²) in [6.07, 6.45) is 2.85. The van der Waals surface area contributed by atoms with E-state index in [1.54, 1.807) is 0 Å². The lowest BCUT2D eigenvalue weighted by molar-refractivity contribution is 0.110. The third kappa shape index (κ3) is 4.78. The molecule has 122 valence electrons. The number of ether oxygens (including phenoxy) is 1. The van der Waals surface area contributed by atoms with Crippen LogP contribution in [0.25, 0.3) is 0 Å². The lowest BCUT2D eigenvalue weighted by Gasteiger charge is -2.32. The first kappa shape index (κ1) is 15.9. The molecule has 1 aromatic carbocycles. The molecule has 1 aromatic rings. The van der Waals surface area contributed by atoms with E-state index in [-0.39, 0.29) is 0 Å². The van der Waals surface area contributed by atoms with E-state index in [0.29, 0.717) is 6.10 Å². The van der Waals surface area contributed by atoms with Crippen LogP contribution >= 0.6 is 0 Å². The van der Waals surface area contributed by atoms with Crippen molar-refractivity contribution >= 4 is 0 Å². The molecule has 2 heterocycles. The average molecular weight is 303 g/mol. The van der Waals surface area contributed by atoms with Crippen LogP contribution in [0.2, 0.25) is 0 Å². The number of piperazine rings is 1. The van der Waals surface area contributed by atoms with E-state index < -0.39 is 0 Å². The Morgan fingerprint density at radius 2 is 1.82 bits per heavy atom. The molecule has 1 unspecified atom stereocenters. The zero-order valence-corrected chi connectivity index (χ0v) is 13.8. The Balaban J connectivity index is 1.39. The van der Waals surface area contributed by atoms with Crippen molar-refractivity contribution in [2.24, 2.45) is 0 Å². The molecule has 3 rings (SSSR count). The van der Waals surface area contributed by atoms with Gasteiger partial charge in [-0.25, -0.2) is 0 Å². The van der Waals surface area contributed by atoms with E-state index in [1.165, 1.54) is 50.1 Å². The number of hydrogen-bond donors (Lipinski definition) is 1. The lowest BCUT2D eigenvalue weighted by Crippen LogP contribution is -2.43. The van der Waals surface area contributed by atoms with E-state index in [0.717, 1.165) is 26.2 Å².